The van der Waals surface area contributed by atoms with E-state index < -0.39 is 9.84 Å². The van der Waals surface area contributed by atoms with E-state index in [4.69, 9.17) is 5.73 Å². The van der Waals surface area contributed by atoms with Crippen LogP contribution in [0, 0.1) is 13.8 Å². The molecule has 0 saturated carbocycles. The van der Waals surface area contributed by atoms with Crippen molar-refractivity contribution in [3.8, 4) is 5.69 Å². The monoisotopic (exact) mass is 266 g/mol. The van der Waals surface area contributed by atoms with Gasteiger partial charge < -0.3 is 5.73 Å². The third kappa shape index (κ3) is 2.08. The minimum Gasteiger partial charge on any atom is -0.396 e. The van der Waals surface area contributed by atoms with Crippen LogP contribution in [-0.2, 0) is 9.84 Å². The van der Waals surface area contributed by atoms with E-state index in [1.54, 1.807) is 30.7 Å². The Hall–Kier alpha value is -1.89. The van der Waals surface area contributed by atoms with Gasteiger partial charge in [0.2, 0.25) is 0 Å². The van der Waals surface area contributed by atoms with Crippen molar-refractivity contribution >= 4 is 15.5 Å². The van der Waals surface area contributed by atoms with Crippen LogP contribution in [0.2, 0.25) is 0 Å². The maximum absolute atomic E-state index is 11.6. The maximum Gasteiger partial charge on any atom is 0.177 e. The molecule has 0 spiro atoms. The fourth-order valence-electron chi connectivity index (χ4n) is 1.79. The standard InChI is InChI=1S/C11H14N4O2S/c1-7-13-8(2)15(14-7)9-5-4-6-10(11(9)12)18(3,16)17/h4-6H,12H2,1-3H3. The molecule has 6 nitrogen and oxygen atoms in total. The van der Waals surface area contributed by atoms with Gasteiger partial charge in [-0.15, -0.1) is 0 Å². The quantitative estimate of drug-likeness (QED) is 0.814. The second-order valence-corrected chi connectivity index (χ2v) is 6.06. The Kier molecular flexibility index (Phi) is 2.86. The van der Waals surface area contributed by atoms with Crippen molar-refractivity contribution < 1.29 is 8.42 Å². The maximum atomic E-state index is 11.6. The Morgan fingerprint density at radius 2 is 1.94 bits per heavy atom. The molecule has 0 bridgehead atoms. The molecule has 0 aliphatic heterocycles. The lowest BCUT2D eigenvalue weighted by atomic mass is 10.2. The van der Waals surface area contributed by atoms with E-state index in [1.807, 2.05) is 0 Å². The van der Waals surface area contributed by atoms with Gasteiger partial charge in [-0.05, 0) is 26.0 Å². The summed E-state index contributed by atoms with van der Waals surface area (Å²) in [6, 6.07) is 4.83. The molecule has 1 aromatic carbocycles. The van der Waals surface area contributed by atoms with Gasteiger partial charge in [0.1, 0.15) is 11.6 Å². The van der Waals surface area contributed by atoms with Gasteiger partial charge in [-0.25, -0.2) is 18.1 Å². The number of benzene rings is 1. The first kappa shape index (κ1) is 12.6. The van der Waals surface area contributed by atoms with Gasteiger partial charge in [0.25, 0.3) is 0 Å². The van der Waals surface area contributed by atoms with Crippen molar-refractivity contribution in [3.63, 3.8) is 0 Å². The van der Waals surface area contributed by atoms with Crippen LogP contribution in [0.4, 0.5) is 5.69 Å². The fourth-order valence-corrected chi connectivity index (χ4v) is 2.62. The molecule has 0 saturated heterocycles. The number of hydrogen-bond donors (Lipinski definition) is 1. The molecule has 2 rings (SSSR count). The topological polar surface area (TPSA) is 90.9 Å². The van der Waals surface area contributed by atoms with Gasteiger partial charge >= 0.3 is 0 Å². The van der Waals surface area contributed by atoms with Crippen molar-refractivity contribution in [2.45, 2.75) is 18.7 Å². The molecular weight excluding hydrogens is 252 g/mol. The summed E-state index contributed by atoms with van der Waals surface area (Å²) in [4.78, 5) is 4.27. The first-order chi connectivity index (χ1) is 8.30. The Morgan fingerprint density at radius 3 is 2.44 bits per heavy atom. The number of hydrogen-bond acceptors (Lipinski definition) is 5. The Labute approximate surface area is 105 Å². The number of para-hydroxylation sites is 1. The first-order valence-corrected chi connectivity index (χ1v) is 7.19. The van der Waals surface area contributed by atoms with Crippen molar-refractivity contribution in [2.24, 2.45) is 0 Å². The van der Waals surface area contributed by atoms with Crippen LogP contribution < -0.4 is 5.73 Å². The SMILES string of the molecule is Cc1nc(C)n(-c2cccc(S(C)(=O)=O)c2N)n1. The largest absolute Gasteiger partial charge is 0.396 e. The van der Waals surface area contributed by atoms with E-state index in [0.717, 1.165) is 6.26 Å². The average Bonchev–Trinajstić information content (AvgIpc) is 2.56. The molecule has 0 radical (unpaired) electrons. The van der Waals surface area contributed by atoms with Gasteiger partial charge in [-0.2, -0.15) is 5.10 Å². The predicted octanol–water partition coefficient (Wildman–Crippen LogP) is 0.870. The van der Waals surface area contributed by atoms with Crippen LogP contribution in [0.15, 0.2) is 23.1 Å². The summed E-state index contributed by atoms with van der Waals surface area (Å²) >= 11 is 0. The molecule has 1 aromatic heterocycles. The van der Waals surface area contributed by atoms with Crippen molar-refractivity contribution in [1.29, 1.82) is 0 Å². The third-order valence-electron chi connectivity index (χ3n) is 2.55. The van der Waals surface area contributed by atoms with E-state index in [-0.39, 0.29) is 10.6 Å². The third-order valence-corrected chi connectivity index (χ3v) is 3.70. The van der Waals surface area contributed by atoms with Crippen LogP contribution >= 0.6 is 0 Å². The summed E-state index contributed by atoms with van der Waals surface area (Å²) in [5, 5.41) is 4.20. The molecule has 0 fully saturated rings. The van der Waals surface area contributed by atoms with Gasteiger partial charge in [0.05, 0.1) is 16.3 Å². The molecule has 2 aromatic rings. The number of nitrogens with two attached hydrogens (primary N) is 1. The van der Waals surface area contributed by atoms with Crippen LogP contribution in [0.1, 0.15) is 11.6 Å². The Bertz CT molecular complexity index is 704. The minimum absolute atomic E-state index is 0.104. The normalized spacial score (nSPS) is 11.7. The van der Waals surface area contributed by atoms with Gasteiger partial charge in [0.15, 0.2) is 9.84 Å². The molecule has 0 amide bonds. The van der Waals surface area contributed by atoms with E-state index in [1.165, 1.54) is 6.07 Å². The molecule has 0 aliphatic carbocycles. The van der Waals surface area contributed by atoms with Crippen LogP contribution in [0.25, 0.3) is 5.69 Å². The van der Waals surface area contributed by atoms with Crippen molar-refractivity contribution in [1.82, 2.24) is 14.8 Å². The van der Waals surface area contributed by atoms with Crippen LogP contribution in [-0.4, -0.2) is 29.4 Å². The number of nitrogen functional groups attached to an aromatic ring is 1. The van der Waals surface area contributed by atoms with E-state index in [2.05, 4.69) is 10.1 Å². The highest BCUT2D eigenvalue weighted by Gasteiger charge is 2.16. The zero-order valence-electron chi connectivity index (χ0n) is 10.4. The number of nitrogens with zero attached hydrogens (tertiary/aromatic N) is 3. The fraction of sp³-hybridized carbons (Fsp3) is 0.273. The molecule has 0 unspecified atom stereocenters. The number of aryl methyl sites for hydroxylation is 2. The number of rotatable bonds is 2. The van der Waals surface area contributed by atoms with Gasteiger partial charge in [0, 0.05) is 6.26 Å². The molecule has 7 heteroatoms. The highest BCUT2D eigenvalue weighted by molar-refractivity contribution is 7.90. The van der Waals surface area contributed by atoms with Crippen LogP contribution in [0.5, 0.6) is 0 Å². The minimum atomic E-state index is -3.36. The lowest BCUT2D eigenvalue weighted by molar-refractivity contribution is 0.602. The molecule has 96 valence electrons. The summed E-state index contributed by atoms with van der Waals surface area (Å²) in [7, 11) is -3.36. The lowest BCUT2D eigenvalue weighted by Crippen LogP contribution is -2.08. The molecule has 2 N–H and O–H groups in total. The predicted molar refractivity (Wildman–Crippen MR) is 68.4 cm³/mol. The zero-order chi connectivity index (χ0) is 13.5. The second-order valence-electron chi connectivity index (χ2n) is 4.08. The number of sulfone groups is 1. The summed E-state index contributed by atoms with van der Waals surface area (Å²) in [5.41, 5.74) is 6.62. The molecule has 0 aliphatic rings. The van der Waals surface area contributed by atoms with E-state index in [0.29, 0.717) is 17.3 Å². The average molecular weight is 266 g/mol. The van der Waals surface area contributed by atoms with Crippen molar-refractivity contribution in [3.05, 3.63) is 29.8 Å². The second kappa shape index (κ2) is 4.09. The number of anilines is 1. The Balaban J connectivity index is 2.71. The molecule has 1 heterocycles. The summed E-state index contributed by atoms with van der Waals surface area (Å²) in [5.74, 6) is 1.27. The Morgan fingerprint density at radius 1 is 1.28 bits per heavy atom. The van der Waals surface area contributed by atoms with E-state index >= 15 is 0 Å². The smallest absolute Gasteiger partial charge is 0.177 e. The highest BCUT2D eigenvalue weighted by Crippen LogP contribution is 2.25. The molecule has 0 atom stereocenters. The van der Waals surface area contributed by atoms with E-state index in [9.17, 15) is 8.42 Å². The van der Waals surface area contributed by atoms with Crippen molar-refractivity contribution in [2.75, 3.05) is 12.0 Å². The van der Waals surface area contributed by atoms with Gasteiger partial charge in [-0.1, -0.05) is 6.07 Å². The summed E-state index contributed by atoms with van der Waals surface area (Å²) in [6.07, 6.45) is 1.13. The summed E-state index contributed by atoms with van der Waals surface area (Å²) < 4.78 is 24.7. The summed E-state index contributed by atoms with van der Waals surface area (Å²) in [6.45, 7) is 3.55. The molecular formula is C11H14N4O2S. The highest BCUT2D eigenvalue weighted by atomic mass is 32.2. The number of aromatic nitrogens is 3. The zero-order valence-corrected chi connectivity index (χ0v) is 11.2. The van der Waals surface area contributed by atoms with Crippen LogP contribution in [0.3, 0.4) is 0 Å². The van der Waals surface area contributed by atoms with Gasteiger partial charge in [-0.3, -0.25) is 0 Å². The lowest BCUT2D eigenvalue weighted by Gasteiger charge is -2.10. The first-order valence-electron chi connectivity index (χ1n) is 5.30. The molecule has 18 heavy (non-hydrogen) atoms.